The van der Waals surface area contributed by atoms with Crippen molar-refractivity contribution in [1.82, 2.24) is 35.0 Å². The fraction of sp³-hybridized carbons (Fsp3) is 0.233. The molecule has 8 nitrogen and oxygen atoms in total. The van der Waals surface area contributed by atoms with Gasteiger partial charge in [0.15, 0.2) is 11.5 Å². The van der Waals surface area contributed by atoms with E-state index < -0.39 is 0 Å². The van der Waals surface area contributed by atoms with Crippen LogP contribution in [0.25, 0.3) is 50.3 Å². The van der Waals surface area contributed by atoms with Crippen LogP contribution in [0.3, 0.4) is 0 Å². The van der Waals surface area contributed by atoms with Crippen molar-refractivity contribution in [3.05, 3.63) is 78.2 Å². The monoisotopic (exact) mass is 520 g/mol. The normalized spacial score (nSPS) is 15.3. The van der Waals surface area contributed by atoms with Crippen molar-refractivity contribution in [3.63, 3.8) is 0 Å². The number of rotatable bonds is 7. The molecule has 0 radical (unpaired) electrons. The van der Waals surface area contributed by atoms with Gasteiger partial charge in [-0.05, 0) is 80.0 Å². The Bertz CT molecular complexity index is 1720. The van der Waals surface area contributed by atoms with E-state index in [-0.39, 0.29) is 5.82 Å². The van der Waals surface area contributed by atoms with Crippen LogP contribution in [0.15, 0.2) is 71.8 Å². The average Bonchev–Trinajstić information content (AvgIpc) is 3.57. The van der Waals surface area contributed by atoms with Crippen molar-refractivity contribution in [2.75, 3.05) is 19.6 Å². The lowest BCUT2D eigenvalue weighted by atomic mass is 10.0. The van der Waals surface area contributed by atoms with Crippen LogP contribution in [0.2, 0.25) is 0 Å². The van der Waals surface area contributed by atoms with Crippen LogP contribution in [0.5, 0.6) is 0 Å². The van der Waals surface area contributed by atoms with Crippen LogP contribution in [0.1, 0.15) is 31.7 Å². The number of allylic oxidation sites excluding steroid dienone is 1. The number of aromatic amines is 2. The number of imidazole rings is 1. The summed E-state index contributed by atoms with van der Waals surface area (Å²) in [6.45, 7) is 8.82. The van der Waals surface area contributed by atoms with E-state index in [0.717, 1.165) is 58.5 Å². The van der Waals surface area contributed by atoms with Crippen molar-refractivity contribution < 1.29 is 4.39 Å². The maximum absolute atomic E-state index is 13.9. The van der Waals surface area contributed by atoms with Gasteiger partial charge in [0.1, 0.15) is 11.5 Å². The maximum Gasteiger partial charge on any atom is 0.181 e. The maximum atomic E-state index is 13.9. The zero-order valence-corrected chi connectivity index (χ0v) is 21.8. The van der Waals surface area contributed by atoms with Crippen LogP contribution >= 0.6 is 0 Å². The minimum atomic E-state index is -0.306. The highest BCUT2D eigenvalue weighted by atomic mass is 19.1. The van der Waals surface area contributed by atoms with Gasteiger partial charge in [-0.1, -0.05) is 24.6 Å². The Labute approximate surface area is 225 Å². The van der Waals surface area contributed by atoms with Crippen LogP contribution in [0.4, 0.5) is 4.39 Å². The van der Waals surface area contributed by atoms with Gasteiger partial charge < -0.3 is 4.98 Å². The highest BCUT2D eigenvalue weighted by molar-refractivity contribution is 5.96. The largest absolute Gasteiger partial charge is 0.335 e. The molecule has 1 saturated heterocycles. The molecule has 6 rings (SSSR count). The van der Waals surface area contributed by atoms with Gasteiger partial charge in [0.05, 0.1) is 22.6 Å². The number of likely N-dealkylation sites (tertiary alicyclic amines) is 1. The number of hydrogen-bond acceptors (Lipinski definition) is 6. The van der Waals surface area contributed by atoms with Crippen molar-refractivity contribution in [2.45, 2.75) is 26.2 Å². The fourth-order valence-corrected chi connectivity index (χ4v) is 5.19. The molecule has 0 aliphatic carbocycles. The lowest BCUT2D eigenvalue weighted by molar-refractivity contribution is 0.248. The molecule has 1 fully saturated rings. The smallest absolute Gasteiger partial charge is 0.181 e. The number of aliphatic imine (C=N–C) groups is 1. The zero-order chi connectivity index (χ0) is 26.8. The first-order chi connectivity index (χ1) is 19.1. The molecule has 0 amide bonds. The lowest BCUT2D eigenvalue weighted by Crippen LogP contribution is -2.31. The third kappa shape index (κ3) is 5.13. The van der Waals surface area contributed by atoms with Gasteiger partial charge in [0.2, 0.25) is 0 Å². The van der Waals surface area contributed by atoms with Gasteiger partial charge in [0, 0.05) is 30.7 Å². The second-order valence-corrected chi connectivity index (χ2v) is 9.92. The Morgan fingerprint density at radius 1 is 1.15 bits per heavy atom. The summed E-state index contributed by atoms with van der Waals surface area (Å²) in [5.41, 5.74) is 7.42. The number of benzene rings is 1. The number of nitrogens with one attached hydrogen (secondary N) is 2. The van der Waals surface area contributed by atoms with Crippen LogP contribution in [0, 0.1) is 5.82 Å². The predicted octanol–water partition coefficient (Wildman–Crippen LogP) is 6.18. The second kappa shape index (κ2) is 10.7. The number of nitrogens with zero attached hydrogens (tertiary/aromatic N) is 6. The second-order valence-electron chi connectivity index (χ2n) is 9.92. The molecule has 0 atom stereocenters. The zero-order valence-electron chi connectivity index (χ0n) is 21.8. The molecule has 2 N–H and O–H groups in total. The molecule has 9 heteroatoms. The molecule has 0 unspecified atom stereocenters. The molecule has 1 aliphatic heterocycles. The summed E-state index contributed by atoms with van der Waals surface area (Å²) in [6, 6.07) is 8.51. The number of piperidine rings is 1. The molecule has 5 aromatic rings. The number of fused-ring (bicyclic) bond motifs is 2. The standard InChI is InChI=1S/C30H29FN8/c1-19(11-20(14-32-2)18-39-9-4-3-5-10-39)22-13-24-28(37-38-29(24)34-15-22)30-35-26-17-33-16-25(27(26)36-30)21-7-6-8-23(31)12-21/h6-8,11-17H,2-5,9-10,18H2,1H3,(H,35,36)(H,34,37,38)/b19-11+,20-14+. The molecular weight excluding hydrogens is 491 g/mol. The topological polar surface area (TPSA) is 98.7 Å². The average molecular weight is 521 g/mol. The summed E-state index contributed by atoms with van der Waals surface area (Å²) in [5.74, 6) is 0.305. The van der Waals surface area contributed by atoms with E-state index in [2.05, 4.69) is 60.8 Å². The summed E-state index contributed by atoms with van der Waals surface area (Å²) in [7, 11) is 0. The molecule has 196 valence electrons. The van der Waals surface area contributed by atoms with Crippen LogP contribution in [-0.4, -0.2) is 61.4 Å². The Balaban J connectivity index is 1.35. The van der Waals surface area contributed by atoms with E-state index in [4.69, 9.17) is 4.98 Å². The van der Waals surface area contributed by atoms with Gasteiger partial charge in [-0.2, -0.15) is 5.10 Å². The summed E-state index contributed by atoms with van der Waals surface area (Å²) in [6.07, 6.45) is 13.0. The molecule has 39 heavy (non-hydrogen) atoms. The highest BCUT2D eigenvalue weighted by Crippen LogP contribution is 2.31. The number of aromatic nitrogens is 6. The first-order valence-electron chi connectivity index (χ1n) is 13.1. The highest BCUT2D eigenvalue weighted by Gasteiger charge is 2.17. The van der Waals surface area contributed by atoms with Crippen LogP contribution in [-0.2, 0) is 0 Å². The molecule has 5 heterocycles. The summed E-state index contributed by atoms with van der Waals surface area (Å²) < 4.78 is 13.9. The third-order valence-corrected chi connectivity index (χ3v) is 7.15. The summed E-state index contributed by atoms with van der Waals surface area (Å²) in [5, 5.41) is 8.35. The van der Waals surface area contributed by atoms with E-state index in [1.165, 1.54) is 31.4 Å². The van der Waals surface area contributed by atoms with Crippen molar-refractivity contribution in [3.8, 4) is 22.6 Å². The lowest BCUT2D eigenvalue weighted by Gasteiger charge is -2.26. The van der Waals surface area contributed by atoms with Crippen LogP contribution < -0.4 is 0 Å². The molecular formula is C30H29FN8. The Hall–Kier alpha value is -4.50. The fourth-order valence-electron chi connectivity index (χ4n) is 5.19. The van der Waals surface area contributed by atoms with Crippen molar-refractivity contribution in [1.29, 1.82) is 0 Å². The minimum Gasteiger partial charge on any atom is -0.335 e. The van der Waals surface area contributed by atoms with Crippen molar-refractivity contribution in [2.24, 2.45) is 4.99 Å². The Morgan fingerprint density at radius 3 is 2.85 bits per heavy atom. The van der Waals surface area contributed by atoms with E-state index >= 15 is 0 Å². The summed E-state index contributed by atoms with van der Waals surface area (Å²) >= 11 is 0. The molecule has 1 aromatic carbocycles. The SMILES string of the molecule is C=N/C=C(\C=C(/C)c1cnc2n[nH]c(-c3nc4c(-c5cccc(F)c5)cncc4[nH]3)c2c1)CN1CCCCC1. The quantitative estimate of drug-likeness (QED) is 0.197. The molecule has 0 spiro atoms. The van der Waals surface area contributed by atoms with Gasteiger partial charge in [-0.15, -0.1) is 0 Å². The van der Waals surface area contributed by atoms with Crippen molar-refractivity contribution >= 4 is 34.4 Å². The van der Waals surface area contributed by atoms with Gasteiger partial charge in [-0.25, -0.2) is 14.4 Å². The molecule has 0 saturated carbocycles. The third-order valence-electron chi connectivity index (χ3n) is 7.15. The first kappa shape index (κ1) is 24.8. The minimum absolute atomic E-state index is 0.306. The van der Waals surface area contributed by atoms with E-state index in [0.29, 0.717) is 22.6 Å². The molecule has 1 aliphatic rings. The predicted molar refractivity (Wildman–Crippen MR) is 154 cm³/mol. The van der Waals surface area contributed by atoms with Gasteiger partial charge >= 0.3 is 0 Å². The first-order valence-corrected chi connectivity index (χ1v) is 13.1. The van der Waals surface area contributed by atoms with E-state index in [9.17, 15) is 4.39 Å². The van der Waals surface area contributed by atoms with Gasteiger partial charge in [-0.3, -0.25) is 20.0 Å². The number of halogens is 1. The van der Waals surface area contributed by atoms with Gasteiger partial charge in [0.25, 0.3) is 0 Å². The number of pyridine rings is 2. The number of hydrogen-bond donors (Lipinski definition) is 2. The van der Waals surface area contributed by atoms with E-state index in [1.54, 1.807) is 18.5 Å². The Kier molecular flexibility index (Phi) is 6.81. The molecule has 4 aromatic heterocycles. The number of H-pyrrole nitrogens is 2. The Morgan fingerprint density at radius 2 is 2.03 bits per heavy atom. The molecule has 0 bridgehead atoms. The van der Waals surface area contributed by atoms with E-state index in [1.807, 2.05) is 18.5 Å². The summed E-state index contributed by atoms with van der Waals surface area (Å²) in [4.78, 5) is 23.7.